The lowest BCUT2D eigenvalue weighted by Gasteiger charge is -2.60. The molecule has 1 amide bonds. The third kappa shape index (κ3) is 1.24. The molecule has 5 heteroatoms. The summed E-state index contributed by atoms with van der Waals surface area (Å²) < 4.78 is 5.07. The molecule has 1 N–H and O–H groups in total. The van der Waals surface area contributed by atoms with Gasteiger partial charge in [0, 0.05) is 12.5 Å². The molecule has 4 atom stereocenters. The first kappa shape index (κ1) is 9.51. The average molecular weight is 297 g/mol. The van der Waals surface area contributed by atoms with Gasteiger partial charge in [-0.3, -0.25) is 0 Å². The van der Waals surface area contributed by atoms with Crippen LogP contribution in [0.2, 0.25) is 0 Å². The van der Waals surface area contributed by atoms with Crippen LogP contribution < -0.4 is 0 Å². The van der Waals surface area contributed by atoms with Crippen LogP contribution in [0.25, 0.3) is 0 Å². The van der Waals surface area contributed by atoms with Crippen LogP contribution in [0.1, 0.15) is 6.92 Å². The Morgan fingerprint density at radius 2 is 2.46 bits per heavy atom. The zero-order valence-corrected chi connectivity index (χ0v) is 9.47. The van der Waals surface area contributed by atoms with Crippen molar-refractivity contribution in [3.8, 4) is 0 Å². The van der Waals surface area contributed by atoms with Crippen LogP contribution in [0, 0.1) is 5.92 Å². The third-order valence-corrected chi connectivity index (χ3v) is 4.27. The Hall–Kier alpha value is -0.0400. The molecule has 2 rings (SSSR count). The standard InChI is InChI=1S/C8H12INO3/c1-2-13-8(12)10-3-4-6(10)5(9)7(4)11/h4-7,11H,2-3H2,1H3/t4-,5-,6+,7-/m0/s1. The Labute approximate surface area is 90.4 Å². The minimum Gasteiger partial charge on any atom is -0.450 e. The number of alkyl halides is 1. The van der Waals surface area contributed by atoms with Crippen LogP contribution in [0.5, 0.6) is 0 Å². The molecule has 1 saturated heterocycles. The Morgan fingerprint density at radius 3 is 3.00 bits per heavy atom. The van der Waals surface area contributed by atoms with Gasteiger partial charge in [-0.1, -0.05) is 22.6 Å². The van der Waals surface area contributed by atoms with Gasteiger partial charge in [-0.25, -0.2) is 4.79 Å². The van der Waals surface area contributed by atoms with E-state index in [2.05, 4.69) is 22.6 Å². The molecule has 0 aromatic heterocycles. The summed E-state index contributed by atoms with van der Waals surface area (Å²) in [4.78, 5) is 13.0. The van der Waals surface area contributed by atoms with Crippen molar-refractivity contribution in [1.82, 2.24) is 4.90 Å². The molecule has 13 heavy (non-hydrogen) atoms. The minimum atomic E-state index is -0.239. The first-order chi connectivity index (χ1) is 6.16. The zero-order chi connectivity index (χ0) is 9.59. The van der Waals surface area contributed by atoms with Gasteiger partial charge in [0.15, 0.2) is 0 Å². The lowest BCUT2D eigenvalue weighted by molar-refractivity contribution is -0.124. The Kier molecular flexibility index (Phi) is 2.39. The van der Waals surface area contributed by atoms with Crippen molar-refractivity contribution < 1.29 is 14.6 Å². The highest BCUT2D eigenvalue weighted by atomic mass is 127. The Balaban J connectivity index is 1.90. The Morgan fingerprint density at radius 1 is 1.77 bits per heavy atom. The van der Waals surface area contributed by atoms with Crippen LogP contribution >= 0.6 is 22.6 Å². The molecule has 2 aliphatic rings. The van der Waals surface area contributed by atoms with Crippen LogP contribution in [-0.2, 0) is 4.74 Å². The second-order valence-corrected chi connectivity index (χ2v) is 4.88. The summed E-state index contributed by atoms with van der Waals surface area (Å²) in [6.45, 7) is 2.87. The van der Waals surface area contributed by atoms with Crippen molar-refractivity contribution in [3.05, 3.63) is 0 Å². The highest BCUT2D eigenvalue weighted by molar-refractivity contribution is 14.1. The maximum absolute atomic E-state index is 11.3. The van der Waals surface area contributed by atoms with Gasteiger partial charge >= 0.3 is 6.09 Å². The molecular weight excluding hydrogens is 285 g/mol. The van der Waals surface area contributed by atoms with Crippen molar-refractivity contribution in [2.75, 3.05) is 13.2 Å². The first-order valence-electron chi connectivity index (χ1n) is 4.42. The summed E-state index contributed by atoms with van der Waals surface area (Å²) in [6.07, 6.45) is -0.464. The van der Waals surface area contributed by atoms with Gasteiger partial charge in [-0.15, -0.1) is 0 Å². The van der Waals surface area contributed by atoms with Crippen LogP contribution in [0.4, 0.5) is 4.79 Å². The molecule has 0 aromatic carbocycles. The lowest BCUT2D eigenvalue weighted by Crippen LogP contribution is -2.76. The summed E-state index contributed by atoms with van der Waals surface area (Å²) in [5.41, 5.74) is 0. The number of rotatable bonds is 1. The van der Waals surface area contributed by atoms with E-state index >= 15 is 0 Å². The molecule has 0 bridgehead atoms. The molecule has 4 nitrogen and oxygen atoms in total. The summed E-state index contributed by atoms with van der Waals surface area (Å²) in [6, 6.07) is 0.217. The number of likely N-dealkylation sites (tertiary alicyclic amines) is 1. The number of ether oxygens (including phenoxy) is 1. The fraction of sp³-hybridized carbons (Fsp3) is 0.875. The van der Waals surface area contributed by atoms with Crippen molar-refractivity contribution in [1.29, 1.82) is 0 Å². The van der Waals surface area contributed by atoms with Gasteiger partial charge in [0.1, 0.15) is 0 Å². The SMILES string of the molecule is CCOC(=O)N1C[C@@H]2[C@H](O)[C@@H](I)[C@@H]21. The van der Waals surface area contributed by atoms with Gasteiger partial charge in [0.25, 0.3) is 0 Å². The van der Waals surface area contributed by atoms with Gasteiger partial charge in [-0.05, 0) is 6.92 Å². The summed E-state index contributed by atoms with van der Waals surface area (Å²) in [5, 5.41) is 9.45. The molecule has 0 aromatic rings. The van der Waals surface area contributed by atoms with E-state index in [1.165, 1.54) is 0 Å². The number of nitrogens with zero attached hydrogens (tertiary/aromatic N) is 1. The number of hydrogen-bond acceptors (Lipinski definition) is 3. The number of halogens is 1. The van der Waals surface area contributed by atoms with Crippen LogP contribution in [-0.4, -0.2) is 45.3 Å². The summed E-state index contributed by atoms with van der Waals surface area (Å²) in [7, 11) is 0. The predicted octanol–water partition coefficient (Wildman–Crippen LogP) is 0.621. The average Bonchev–Trinajstić information content (AvgIpc) is 2.03. The molecule has 1 aliphatic heterocycles. The number of carbonyl (C=O) groups excluding carboxylic acids is 1. The molecule has 1 heterocycles. The maximum atomic E-state index is 11.3. The fourth-order valence-corrected chi connectivity index (χ4v) is 3.42. The fourth-order valence-electron chi connectivity index (χ4n) is 1.96. The summed E-state index contributed by atoms with van der Waals surface area (Å²) in [5.74, 6) is 0.298. The van der Waals surface area contributed by atoms with E-state index in [-0.39, 0.29) is 22.2 Å². The van der Waals surface area contributed by atoms with E-state index < -0.39 is 0 Å². The normalized spacial score (nSPS) is 41.6. The molecule has 2 fully saturated rings. The molecular formula is C8H12INO3. The molecule has 1 aliphatic carbocycles. The zero-order valence-electron chi connectivity index (χ0n) is 7.31. The quantitative estimate of drug-likeness (QED) is 0.570. The molecule has 0 spiro atoms. The van der Waals surface area contributed by atoms with Crippen LogP contribution in [0.15, 0.2) is 0 Å². The Bertz CT molecular complexity index is 229. The lowest BCUT2D eigenvalue weighted by atomic mass is 9.69. The van der Waals surface area contributed by atoms with E-state index in [9.17, 15) is 9.90 Å². The van der Waals surface area contributed by atoms with E-state index in [4.69, 9.17) is 4.74 Å². The van der Waals surface area contributed by atoms with Gasteiger partial charge in [0.2, 0.25) is 0 Å². The number of fused-ring (bicyclic) bond motifs is 1. The van der Waals surface area contributed by atoms with E-state index in [1.807, 2.05) is 0 Å². The molecule has 0 unspecified atom stereocenters. The smallest absolute Gasteiger partial charge is 0.410 e. The van der Waals surface area contributed by atoms with Gasteiger partial charge < -0.3 is 14.7 Å². The van der Waals surface area contributed by atoms with Crippen molar-refractivity contribution in [2.24, 2.45) is 5.92 Å². The number of hydrogen-bond donors (Lipinski definition) is 1. The van der Waals surface area contributed by atoms with Gasteiger partial charge in [-0.2, -0.15) is 0 Å². The number of amides is 1. The molecule has 1 saturated carbocycles. The molecule has 74 valence electrons. The number of aliphatic hydroxyl groups excluding tert-OH is 1. The largest absolute Gasteiger partial charge is 0.450 e. The van der Waals surface area contributed by atoms with Crippen molar-refractivity contribution in [2.45, 2.75) is 23.0 Å². The number of aliphatic hydroxyl groups is 1. The number of carbonyl (C=O) groups is 1. The second-order valence-electron chi connectivity index (χ2n) is 3.44. The van der Waals surface area contributed by atoms with Gasteiger partial charge in [0.05, 0.1) is 22.7 Å². The highest BCUT2D eigenvalue weighted by Gasteiger charge is 2.60. The van der Waals surface area contributed by atoms with Crippen molar-refractivity contribution >= 4 is 28.7 Å². The summed E-state index contributed by atoms with van der Waals surface area (Å²) >= 11 is 2.19. The van der Waals surface area contributed by atoms with E-state index in [1.54, 1.807) is 11.8 Å². The van der Waals surface area contributed by atoms with Crippen LogP contribution in [0.3, 0.4) is 0 Å². The topological polar surface area (TPSA) is 49.8 Å². The second kappa shape index (κ2) is 3.27. The predicted molar refractivity (Wildman–Crippen MR) is 54.8 cm³/mol. The highest BCUT2D eigenvalue weighted by Crippen LogP contribution is 2.46. The van der Waals surface area contributed by atoms with E-state index in [0.717, 1.165) is 0 Å². The van der Waals surface area contributed by atoms with Crippen molar-refractivity contribution in [3.63, 3.8) is 0 Å². The number of piperidine rings is 1. The maximum Gasteiger partial charge on any atom is 0.410 e. The first-order valence-corrected chi connectivity index (χ1v) is 5.67. The molecule has 0 radical (unpaired) electrons. The minimum absolute atomic E-state index is 0.181. The third-order valence-electron chi connectivity index (χ3n) is 2.80. The van der Waals surface area contributed by atoms with E-state index in [0.29, 0.717) is 19.1 Å². The monoisotopic (exact) mass is 297 g/mol.